The van der Waals surface area contributed by atoms with E-state index < -0.39 is 0 Å². The Labute approximate surface area is 99.1 Å². The van der Waals surface area contributed by atoms with E-state index in [-0.39, 0.29) is 5.41 Å². The summed E-state index contributed by atoms with van der Waals surface area (Å²) in [5.41, 5.74) is 2.45. The van der Waals surface area contributed by atoms with Crippen LogP contribution in [0.3, 0.4) is 0 Å². The van der Waals surface area contributed by atoms with Gasteiger partial charge in [0, 0.05) is 11.5 Å². The van der Waals surface area contributed by atoms with Crippen LogP contribution < -0.4 is 4.74 Å². The molecule has 0 aliphatic carbocycles. The fraction of sp³-hybridized carbons (Fsp3) is 0.400. The van der Waals surface area contributed by atoms with Crippen LogP contribution in [0.2, 0.25) is 0 Å². The number of hydrogen-bond donors (Lipinski definition) is 0. The first kappa shape index (κ1) is 12.8. The Morgan fingerprint density at radius 3 is 2.38 bits per heavy atom. The Morgan fingerprint density at radius 2 is 1.94 bits per heavy atom. The van der Waals surface area contributed by atoms with E-state index in [1.165, 1.54) is 5.56 Å². The Morgan fingerprint density at radius 1 is 1.31 bits per heavy atom. The third-order valence-electron chi connectivity index (χ3n) is 2.76. The van der Waals surface area contributed by atoms with Crippen LogP contribution in [0.1, 0.15) is 38.8 Å². The molecule has 1 aromatic rings. The van der Waals surface area contributed by atoms with Crippen molar-refractivity contribution in [1.82, 2.24) is 0 Å². The molecule has 1 heteroatoms. The van der Waals surface area contributed by atoms with Crippen LogP contribution in [0.15, 0.2) is 30.9 Å². The molecule has 0 aromatic heterocycles. The van der Waals surface area contributed by atoms with E-state index in [1.54, 1.807) is 7.11 Å². The number of allylic oxidation sites excluding steroid dienone is 1. The average Bonchev–Trinajstić information content (AvgIpc) is 2.25. The van der Waals surface area contributed by atoms with E-state index in [0.717, 1.165) is 17.2 Å². The summed E-state index contributed by atoms with van der Waals surface area (Å²) in [7, 11) is 1.73. The van der Waals surface area contributed by atoms with Crippen molar-refractivity contribution in [1.29, 1.82) is 0 Å². The highest BCUT2D eigenvalue weighted by atomic mass is 16.5. The Bertz CT molecular complexity index is 372. The highest BCUT2D eigenvalue weighted by Gasteiger charge is 2.22. The van der Waals surface area contributed by atoms with Crippen molar-refractivity contribution in [2.45, 2.75) is 33.1 Å². The first-order valence-electron chi connectivity index (χ1n) is 5.55. The molecule has 0 aliphatic heterocycles. The van der Waals surface area contributed by atoms with Crippen molar-refractivity contribution in [3.63, 3.8) is 0 Å². The standard InChI is InChI=1S/C15H21O/c1-7-11(2)12-9-8-10-13(14(12)16-6)15(3,4)5/h7-10H,1H2,2-6H3. The lowest BCUT2D eigenvalue weighted by atomic mass is 9.83. The van der Waals surface area contributed by atoms with Crippen LogP contribution in [0.5, 0.6) is 5.75 Å². The van der Waals surface area contributed by atoms with Crippen molar-refractivity contribution in [2.75, 3.05) is 7.11 Å². The van der Waals surface area contributed by atoms with Crippen LogP contribution in [-0.2, 0) is 5.41 Å². The van der Waals surface area contributed by atoms with Crippen LogP contribution in [0.25, 0.3) is 0 Å². The summed E-state index contributed by atoms with van der Waals surface area (Å²) in [5, 5.41) is 0. The molecule has 0 N–H and O–H groups in total. The monoisotopic (exact) mass is 217 g/mol. The van der Waals surface area contributed by atoms with Gasteiger partial charge in [0.15, 0.2) is 0 Å². The van der Waals surface area contributed by atoms with Crippen LogP contribution >= 0.6 is 0 Å². The summed E-state index contributed by atoms with van der Waals surface area (Å²) in [6.07, 6.45) is 1.87. The van der Waals surface area contributed by atoms with Gasteiger partial charge < -0.3 is 4.74 Å². The molecule has 0 aliphatic rings. The third kappa shape index (κ3) is 2.46. The zero-order valence-corrected chi connectivity index (χ0v) is 10.9. The zero-order chi connectivity index (χ0) is 12.3. The summed E-state index contributed by atoms with van der Waals surface area (Å²) in [4.78, 5) is 0. The SMILES string of the molecule is C=C[C](C)c1cccc(C(C)(C)C)c1OC. The highest BCUT2D eigenvalue weighted by Crippen LogP contribution is 2.36. The molecule has 0 spiro atoms. The molecular formula is C15H21O. The summed E-state index contributed by atoms with van der Waals surface area (Å²) in [5.74, 6) is 2.11. The van der Waals surface area contributed by atoms with Gasteiger partial charge >= 0.3 is 0 Å². The number of para-hydroxylation sites is 1. The summed E-state index contributed by atoms with van der Waals surface area (Å²) in [6.45, 7) is 12.4. The van der Waals surface area contributed by atoms with Crippen molar-refractivity contribution in [3.05, 3.63) is 47.9 Å². The molecule has 0 fully saturated rings. The number of ether oxygens (including phenoxy) is 1. The smallest absolute Gasteiger partial charge is 0.126 e. The van der Waals surface area contributed by atoms with Crippen LogP contribution in [0.4, 0.5) is 0 Å². The fourth-order valence-electron chi connectivity index (χ4n) is 1.77. The molecule has 0 unspecified atom stereocenters. The topological polar surface area (TPSA) is 9.23 Å². The zero-order valence-electron chi connectivity index (χ0n) is 10.9. The number of methoxy groups -OCH3 is 1. The van der Waals surface area contributed by atoms with Crippen LogP contribution in [-0.4, -0.2) is 7.11 Å². The molecule has 1 radical (unpaired) electrons. The molecule has 0 saturated heterocycles. The molecule has 1 nitrogen and oxygen atoms in total. The summed E-state index contributed by atoms with van der Waals surface area (Å²) < 4.78 is 5.56. The van der Waals surface area contributed by atoms with Crippen molar-refractivity contribution in [2.24, 2.45) is 0 Å². The molecule has 1 rings (SSSR count). The molecule has 0 bridgehead atoms. The van der Waals surface area contributed by atoms with Crippen molar-refractivity contribution in [3.8, 4) is 5.75 Å². The van der Waals surface area contributed by atoms with Gasteiger partial charge in [0.1, 0.15) is 5.75 Å². The molecule has 0 atom stereocenters. The van der Waals surface area contributed by atoms with E-state index in [2.05, 4.69) is 52.5 Å². The van der Waals surface area contributed by atoms with Crippen molar-refractivity contribution < 1.29 is 4.74 Å². The predicted octanol–water partition coefficient (Wildman–Crippen LogP) is 4.12. The minimum Gasteiger partial charge on any atom is -0.496 e. The van der Waals surface area contributed by atoms with Crippen LogP contribution in [0, 0.1) is 5.92 Å². The molecule has 1 aromatic carbocycles. The maximum atomic E-state index is 5.56. The van der Waals surface area contributed by atoms with E-state index in [9.17, 15) is 0 Å². The highest BCUT2D eigenvalue weighted by molar-refractivity contribution is 5.52. The Kier molecular flexibility index (Phi) is 3.79. The lowest BCUT2D eigenvalue weighted by Gasteiger charge is -2.24. The van der Waals surface area contributed by atoms with E-state index in [4.69, 9.17) is 4.74 Å². The second-order valence-corrected chi connectivity index (χ2v) is 5.02. The largest absolute Gasteiger partial charge is 0.496 e. The van der Waals surface area contributed by atoms with Gasteiger partial charge in [-0.05, 0) is 11.0 Å². The van der Waals surface area contributed by atoms with Gasteiger partial charge in [-0.25, -0.2) is 0 Å². The van der Waals surface area contributed by atoms with Gasteiger partial charge in [0.25, 0.3) is 0 Å². The van der Waals surface area contributed by atoms with Gasteiger partial charge in [-0.1, -0.05) is 52.0 Å². The Hall–Kier alpha value is -1.24. The lowest BCUT2D eigenvalue weighted by Crippen LogP contribution is -2.14. The molecule has 16 heavy (non-hydrogen) atoms. The number of hydrogen-bond acceptors (Lipinski definition) is 1. The van der Waals surface area contributed by atoms with E-state index in [0.29, 0.717) is 0 Å². The fourth-order valence-corrected chi connectivity index (χ4v) is 1.77. The first-order valence-corrected chi connectivity index (χ1v) is 5.55. The maximum Gasteiger partial charge on any atom is 0.126 e. The minimum atomic E-state index is 0.0861. The second-order valence-electron chi connectivity index (χ2n) is 5.02. The van der Waals surface area contributed by atoms with Gasteiger partial charge in [0.05, 0.1) is 7.11 Å². The van der Waals surface area contributed by atoms with Gasteiger partial charge in [-0.2, -0.15) is 0 Å². The summed E-state index contributed by atoms with van der Waals surface area (Å²) in [6, 6.07) is 6.27. The molecule has 0 heterocycles. The quantitative estimate of drug-likeness (QED) is 0.740. The lowest BCUT2D eigenvalue weighted by molar-refractivity contribution is 0.394. The molecule has 0 amide bonds. The van der Waals surface area contributed by atoms with Gasteiger partial charge in [0.2, 0.25) is 0 Å². The molecular weight excluding hydrogens is 196 g/mol. The maximum absolute atomic E-state index is 5.56. The average molecular weight is 217 g/mol. The van der Waals surface area contributed by atoms with Gasteiger partial charge in [-0.3, -0.25) is 0 Å². The first-order chi connectivity index (χ1) is 7.41. The predicted molar refractivity (Wildman–Crippen MR) is 69.9 cm³/mol. The minimum absolute atomic E-state index is 0.0861. The van der Waals surface area contributed by atoms with Gasteiger partial charge in [-0.15, -0.1) is 6.58 Å². The number of benzene rings is 1. The summed E-state index contributed by atoms with van der Waals surface area (Å²) >= 11 is 0. The number of rotatable bonds is 3. The second kappa shape index (κ2) is 4.73. The van der Waals surface area contributed by atoms with Crippen molar-refractivity contribution >= 4 is 0 Å². The Balaban J connectivity index is 3.37. The van der Waals surface area contributed by atoms with E-state index >= 15 is 0 Å². The third-order valence-corrected chi connectivity index (χ3v) is 2.76. The molecule has 0 saturated carbocycles. The molecule has 87 valence electrons. The normalized spacial score (nSPS) is 11.6. The van der Waals surface area contributed by atoms with E-state index in [1.807, 2.05) is 6.08 Å².